The lowest BCUT2D eigenvalue weighted by Gasteiger charge is -2.17. The summed E-state index contributed by atoms with van der Waals surface area (Å²) in [5, 5.41) is 0.574. The zero-order chi connectivity index (χ0) is 11.8. The van der Waals surface area contributed by atoms with Crippen molar-refractivity contribution >= 4 is 17.4 Å². The number of halogens is 1. The van der Waals surface area contributed by atoms with E-state index < -0.39 is 0 Å². The maximum atomic E-state index is 12.2. The molecule has 0 saturated carbocycles. The van der Waals surface area contributed by atoms with E-state index in [-0.39, 0.29) is 17.8 Å². The van der Waals surface area contributed by atoms with Crippen LogP contribution in [0.4, 0.5) is 0 Å². The Morgan fingerprint density at radius 1 is 1.53 bits per heavy atom. The smallest absolute Gasteiger partial charge is 0.143 e. The molecule has 4 heteroatoms. The molecule has 0 spiro atoms. The summed E-state index contributed by atoms with van der Waals surface area (Å²) in [5.74, 6) is 0.336. The maximum absolute atomic E-state index is 12.2. The second kappa shape index (κ2) is 4.39. The van der Waals surface area contributed by atoms with Gasteiger partial charge in [0.05, 0.1) is 17.2 Å². The van der Waals surface area contributed by atoms with Crippen LogP contribution in [0.1, 0.15) is 24.8 Å². The van der Waals surface area contributed by atoms with Crippen molar-refractivity contribution in [2.75, 3.05) is 0 Å². The van der Waals surface area contributed by atoms with Crippen molar-refractivity contribution in [1.29, 1.82) is 0 Å². The molecule has 3 rings (SSSR count). The van der Waals surface area contributed by atoms with Crippen LogP contribution in [0.15, 0.2) is 18.5 Å². The third-order valence-corrected chi connectivity index (χ3v) is 4.08. The Balaban J connectivity index is 1.70. The Labute approximate surface area is 105 Å². The summed E-state index contributed by atoms with van der Waals surface area (Å²) in [7, 11) is 0. The van der Waals surface area contributed by atoms with E-state index in [0.717, 1.165) is 24.8 Å². The number of rotatable bonds is 3. The van der Waals surface area contributed by atoms with Gasteiger partial charge in [-0.15, -0.1) is 0 Å². The number of ketones is 1. The number of pyridine rings is 1. The normalized spacial score (nSPS) is 30.8. The predicted molar refractivity (Wildman–Crippen MR) is 64.0 cm³/mol. The van der Waals surface area contributed by atoms with Crippen LogP contribution in [0.5, 0.6) is 0 Å². The SMILES string of the molecule is O=C(Cc1ccncc1Cl)C1CC2CCC1O2. The quantitative estimate of drug-likeness (QED) is 0.828. The molecule has 3 unspecified atom stereocenters. The summed E-state index contributed by atoms with van der Waals surface area (Å²) in [6.07, 6.45) is 7.18. The molecule has 3 heterocycles. The predicted octanol–water partition coefficient (Wildman–Crippen LogP) is 2.41. The van der Waals surface area contributed by atoms with E-state index in [1.54, 1.807) is 12.4 Å². The lowest BCUT2D eigenvalue weighted by Crippen LogP contribution is -2.26. The van der Waals surface area contributed by atoms with E-state index in [1.165, 1.54) is 0 Å². The van der Waals surface area contributed by atoms with Crippen LogP contribution in [0, 0.1) is 5.92 Å². The van der Waals surface area contributed by atoms with Gasteiger partial charge in [0.25, 0.3) is 0 Å². The first-order chi connectivity index (χ1) is 8.24. The fraction of sp³-hybridized carbons (Fsp3) is 0.538. The molecule has 2 saturated heterocycles. The molecule has 1 aromatic heterocycles. The van der Waals surface area contributed by atoms with Crippen molar-refractivity contribution in [2.24, 2.45) is 5.92 Å². The van der Waals surface area contributed by atoms with E-state index in [9.17, 15) is 4.79 Å². The summed E-state index contributed by atoms with van der Waals surface area (Å²) < 4.78 is 5.71. The summed E-state index contributed by atoms with van der Waals surface area (Å²) in [5.41, 5.74) is 0.870. The first-order valence-electron chi connectivity index (χ1n) is 6.00. The number of nitrogens with zero attached hydrogens (tertiary/aromatic N) is 1. The fourth-order valence-electron chi connectivity index (χ4n) is 2.84. The number of aromatic nitrogens is 1. The van der Waals surface area contributed by atoms with Crippen molar-refractivity contribution in [2.45, 2.75) is 37.9 Å². The average molecular weight is 252 g/mol. The largest absolute Gasteiger partial charge is 0.374 e. The number of hydrogen-bond acceptors (Lipinski definition) is 3. The fourth-order valence-corrected chi connectivity index (χ4v) is 3.03. The van der Waals surface area contributed by atoms with Gasteiger partial charge in [0, 0.05) is 24.7 Å². The molecule has 1 aromatic rings. The second-order valence-electron chi connectivity index (χ2n) is 4.83. The second-order valence-corrected chi connectivity index (χ2v) is 5.23. The van der Waals surface area contributed by atoms with Gasteiger partial charge in [0.1, 0.15) is 5.78 Å². The molecule has 0 aliphatic carbocycles. The molecule has 17 heavy (non-hydrogen) atoms. The van der Waals surface area contributed by atoms with Gasteiger partial charge in [-0.3, -0.25) is 9.78 Å². The van der Waals surface area contributed by atoms with Gasteiger partial charge in [0.15, 0.2) is 0 Å². The Bertz CT molecular complexity index is 449. The zero-order valence-electron chi connectivity index (χ0n) is 9.43. The van der Waals surface area contributed by atoms with Crippen molar-refractivity contribution < 1.29 is 9.53 Å². The minimum Gasteiger partial charge on any atom is -0.374 e. The van der Waals surface area contributed by atoms with Crippen molar-refractivity contribution in [3.05, 3.63) is 29.0 Å². The summed E-state index contributed by atoms with van der Waals surface area (Å²) >= 11 is 6.01. The molecule has 2 aliphatic heterocycles. The molecule has 2 fully saturated rings. The van der Waals surface area contributed by atoms with Crippen molar-refractivity contribution in [1.82, 2.24) is 4.98 Å². The molecule has 0 amide bonds. The molecule has 2 bridgehead atoms. The highest BCUT2D eigenvalue weighted by Gasteiger charge is 2.43. The number of Topliss-reactive ketones (excluding diaryl/α,β-unsaturated/α-hetero) is 1. The van der Waals surface area contributed by atoms with Crippen molar-refractivity contribution in [3.63, 3.8) is 0 Å². The van der Waals surface area contributed by atoms with Crippen LogP contribution >= 0.6 is 11.6 Å². The van der Waals surface area contributed by atoms with Crippen LogP contribution < -0.4 is 0 Å². The Morgan fingerprint density at radius 2 is 2.41 bits per heavy atom. The van der Waals surface area contributed by atoms with Gasteiger partial charge in [0.2, 0.25) is 0 Å². The van der Waals surface area contributed by atoms with Crippen molar-refractivity contribution in [3.8, 4) is 0 Å². The first kappa shape index (κ1) is 11.2. The van der Waals surface area contributed by atoms with Crippen LogP contribution in [0.2, 0.25) is 5.02 Å². The Morgan fingerprint density at radius 3 is 3.06 bits per heavy atom. The zero-order valence-corrected chi connectivity index (χ0v) is 10.2. The third kappa shape index (κ3) is 2.09. The molecule has 90 valence electrons. The van der Waals surface area contributed by atoms with Gasteiger partial charge in [-0.1, -0.05) is 11.6 Å². The standard InChI is InChI=1S/C13H14ClNO2/c14-11-7-15-4-3-8(11)5-12(16)10-6-9-1-2-13(10)17-9/h3-4,7,9-10,13H,1-2,5-6H2. The summed E-state index contributed by atoms with van der Waals surface area (Å²) in [4.78, 5) is 16.1. The lowest BCUT2D eigenvalue weighted by molar-refractivity contribution is -0.123. The number of carbonyl (C=O) groups is 1. The highest BCUT2D eigenvalue weighted by atomic mass is 35.5. The molecule has 3 atom stereocenters. The molecule has 0 N–H and O–H groups in total. The molecular formula is C13H14ClNO2. The molecule has 3 nitrogen and oxygen atoms in total. The van der Waals surface area contributed by atoms with Gasteiger partial charge < -0.3 is 4.74 Å². The van der Waals surface area contributed by atoms with Crippen LogP contribution in [-0.2, 0) is 16.0 Å². The van der Waals surface area contributed by atoms with E-state index in [1.807, 2.05) is 6.07 Å². The minimum atomic E-state index is 0.0815. The van der Waals surface area contributed by atoms with E-state index in [2.05, 4.69) is 4.98 Å². The van der Waals surface area contributed by atoms with Gasteiger partial charge in [-0.25, -0.2) is 0 Å². The van der Waals surface area contributed by atoms with Gasteiger partial charge in [-0.05, 0) is 30.9 Å². The third-order valence-electron chi connectivity index (χ3n) is 3.74. The van der Waals surface area contributed by atoms with Crippen LogP contribution in [0.3, 0.4) is 0 Å². The highest BCUT2D eigenvalue weighted by Crippen LogP contribution is 2.39. The Kier molecular flexibility index (Phi) is 2.89. The van der Waals surface area contributed by atoms with Gasteiger partial charge in [-0.2, -0.15) is 0 Å². The van der Waals surface area contributed by atoms with Crippen LogP contribution in [-0.4, -0.2) is 23.0 Å². The number of hydrogen-bond donors (Lipinski definition) is 0. The minimum absolute atomic E-state index is 0.0815. The van der Waals surface area contributed by atoms with E-state index >= 15 is 0 Å². The number of ether oxygens (including phenoxy) is 1. The molecular weight excluding hydrogens is 238 g/mol. The van der Waals surface area contributed by atoms with Crippen LogP contribution in [0.25, 0.3) is 0 Å². The van der Waals surface area contributed by atoms with E-state index in [4.69, 9.17) is 16.3 Å². The highest BCUT2D eigenvalue weighted by molar-refractivity contribution is 6.31. The maximum Gasteiger partial charge on any atom is 0.143 e. The molecule has 0 radical (unpaired) electrons. The number of carbonyl (C=O) groups excluding carboxylic acids is 1. The monoisotopic (exact) mass is 251 g/mol. The van der Waals surface area contributed by atoms with Gasteiger partial charge >= 0.3 is 0 Å². The lowest BCUT2D eigenvalue weighted by atomic mass is 9.84. The first-order valence-corrected chi connectivity index (χ1v) is 6.38. The summed E-state index contributed by atoms with van der Waals surface area (Å²) in [6.45, 7) is 0. The summed E-state index contributed by atoms with van der Waals surface area (Å²) in [6, 6.07) is 1.81. The number of fused-ring (bicyclic) bond motifs is 2. The molecule has 2 aliphatic rings. The van der Waals surface area contributed by atoms with E-state index in [0.29, 0.717) is 17.5 Å². The Hall–Kier alpha value is -0.930. The average Bonchev–Trinajstić information content (AvgIpc) is 2.94. The topological polar surface area (TPSA) is 39.2 Å². The molecule has 0 aromatic carbocycles.